The lowest BCUT2D eigenvalue weighted by atomic mass is 10.2. The van der Waals surface area contributed by atoms with Crippen molar-refractivity contribution < 1.29 is 9.72 Å². The fourth-order valence-electron chi connectivity index (χ4n) is 3.64. The van der Waals surface area contributed by atoms with Crippen molar-refractivity contribution in [2.24, 2.45) is 5.92 Å². The second kappa shape index (κ2) is 10.2. The fourth-order valence-corrected chi connectivity index (χ4v) is 3.64. The summed E-state index contributed by atoms with van der Waals surface area (Å²) in [5.41, 5.74) is -0.126. The molecule has 0 fully saturated rings. The van der Waals surface area contributed by atoms with Gasteiger partial charge in [-0.1, -0.05) is 33.3 Å². The van der Waals surface area contributed by atoms with Crippen LogP contribution >= 0.6 is 0 Å². The van der Waals surface area contributed by atoms with Gasteiger partial charge in [-0.2, -0.15) is 0 Å². The van der Waals surface area contributed by atoms with Crippen LogP contribution in [0.5, 0.6) is 0 Å². The number of imidazole rings is 1. The smallest absolute Gasteiger partial charge is 0.326 e. The Hall–Kier alpha value is -3.76. The molecule has 2 heterocycles. The van der Waals surface area contributed by atoms with Crippen molar-refractivity contribution in [3.63, 3.8) is 0 Å². The molecule has 0 unspecified atom stereocenters. The standard InChI is InChI=1S/C22H28N6O5/c1-4-5-11-26-20-19(21(30)25-22(26)31)27(13-14(2)3)17(24-20)9-10-18(29)23-15-7-6-8-16(12-15)28(32)33/h6-8,12,14H,4-5,9-11,13H2,1-3H3,(H,23,29)(H,25,30,31). The molecule has 176 valence electrons. The second-order valence-electron chi connectivity index (χ2n) is 8.32. The molecule has 3 rings (SSSR count). The van der Waals surface area contributed by atoms with Crippen LogP contribution in [0.4, 0.5) is 11.4 Å². The van der Waals surface area contributed by atoms with Gasteiger partial charge < -0.3 is 9.88 Å². The summed E-state index contributed by atoms with van der Waals surface area (Å²) in [6.45, 7) is 6.97. The maximum Gasteiger partial charge on any atom is 0.330 e. The number of non-ortho nitro benzene ring substituents is 1. The summed E-state index contributed by atoms with van der Waals surface area (Å²) < 4.78 is 3.26. The highest BCUT2D eigenvalue weighted by atomic mass is 16.6. The maximum atomic E-state index is 12.6. The van der Waals surface area contributed by atoms with Gasteiger partial charge in [-0.05, 0) is 18.4 Å². The van der Waals surface area contributed by atoms with Crippen LogP contribution in [-0.2, 0) is 24.3 Å². The number of aryl methyl sites for hydroxylation is 2. The third-order valence-corrected chi connectivity index (χ3v) is 5.16. The second-order valence-corrected chi connectivity index (χ2v) is 8.32. The Labute approximate surface area is 189 Å². The number of amides is 1. The normalized spacial score (nSPS) is 11.3. The van der Waals surface area contributed by atoms with E-state index in [0.717, 1.165) is 12.8 Å². The molecule has 2 N–H and O–H groups in total. The summed E-state index contributed by atoms with van der Waals surface area (Å²) in [6.07, 6.45) is 1.94. The van der Waals surface area contributed by atoms with Gasteiger partial charge in [0.1, 0.15) is 5.82 Å². The highest BCUT2D eigenvalue weighted by Crippen LogP contribution is 2.19. The first kappa shape index (κ1) is 23.9. The van der Waals surface area contributed by atoms with E-state index in [-0.39, 0.29) is 30.4 Å². The predicted molar refractivity (Wildman–Crippen MR) is 124 cm³/mol. The number of unbranched alkanes of at least 4 members (excludes halogenated alkanes) is 1. The minimum Gasteiger partial charge on any atom is -0.326 e. The number of anilines is 1. The molecule has 0 aliphatic carbocycles. The van der Waals surface area contributed by atoms with E-state index in [1.165, 1.54) is 22.8 Å². The molecule has 0 saturated heterocycles. The molecule has 0 bridgehead atoms. The number of aromatic nitrogens is 4. The molecule has 3 aromatic rings. The molecule has 0 aliphatic heterocycles. The lowest BCUT2D eigenvalue weighted by Crippen LogP contribution is -2.31. The Morgan fingerprint density at radius 2 is 2.03 bits per heavy atom. The van der Waals surface area contributed by atoms with Gasteiger partial charge in [0.15, 0.2) is 11.2 Å². The third kappa shape index (κ3) is 5.54. The fraction of sp³-hybridized carbons (Fsp3) is 0.455. The monoisotopic (exact) mass is 456 g/mol. The Kier molecular flexibility index (Phi) is 7.41. The Morgan fingerprint density at radius 3 is 2.70 bits per heavy atom. The van der Waals surface area contributed by atoms with E-state index in [9.17, 15) is 24.5 Å². The van der Waals surface area contributed by atoms with Gasteiger partial charge in [0.05, 0.1) is 4.92 Å². The predicted octanol–water partition coefficient (Wildman–Crippen LogP) is 2.82. The first-order chi connectivity index (χ1) is 15.7. The first-order valence-corrected chi connectivity index (χ1v) is 11.0. The van der Waals surface area contributed by atoms with Crippen molar-refractivity contribution in [3.05, 3.63) is 61.0 Å². The molecular weight excluding hydrogens is 428 g/mol. The van der Waals surface area contributed by atoms with Gasteiger partial charge in [-0.3, -0.25) is 29.3 Å². The molecule has 1 aromatic carbocycles. The Balaban J connectivity index is 1.90. The van der Waals surface area contributed by atoms with Gasteiger partial charge in [-0.15, -0.1) is 0 Å². The molecule has 2 aromatic heterocycles. The zero-order chi connectivity index (χ0) is 24.1. The zero-order valence-corrected chi connectivity index (χ0v) is 19.0. The molecule has 33 heavy (non-hydrogen) atoms. The molecule has 11 heteroatoms. The molecule has 11 nitrogen and oxygen atoms in total. The van der Waals surface area contributed by atoms with E-state index in [2.05, 4.69) is 15.3 Å². The lowest BCUT2D eigenvalue weighted by molar-refractivity contribution is -0.384. The Morgan fingerprint density at radius 1 is 1.27 bits per heavy atom. The number of rotatable bonds is 10. The van der Waals surface area contributed by atoms with Gasteiger partial charge >= 0.3 is 5.69 Å². The van der Waals surface area contributed by atoms with Crippen LogP contribution in [0.25, 0.3) is 11.2 Å². The average molecular weight is 457 g/mol. The van der Waals surface area contributed by atoms with Crippen molar-refractivity contribution in [1.29, 1.82) is 0 Å². The molecule has 0 spiro atoms. The first-order valence-electron chi connectivity index (χ1n) is 11.0. The van der Waals surface area contributed by atoms with Crippen LogP contribution in [0.15, 0.2) is 33.9 Å². The van der Waals surface area contributed by atoms with E-state index in [4.69, 9.17) is 0 Å². The van der Waals surface area contributed by atoms with Gasteiger partial charge in [0.2, 0.25) is 5.91 Å². The van der Waals surface area contributed by atoms with E-state index < -0.39 is 16.2 Å². The van der Waals surface area contributed by atoms with Crippen LogP contribution in [0.2, 0.25) is 0 Å². The minimum absolute atomic E-state index is 0.0568. The van der Waals surface area contributed by atoms with Gasteiger partial charge in [-0.25, -0.2) is 9.78 Å². The number of carbonyl (C=O) groups excluding carboxylic acids is 1. The van der Waals surface area contributed by atoms with Crippen LogP contribution in [0, 0.1) is 16.0 Å². The van der Waals surface area contributed by atoms with Crippen molar-refractivity contribution in [2.75, 3.05) is 5.32 Å². The number of hydrogen-bond donors (Lipinski definition) is 2. The number of nitrogens with zero attached hydrogens (tertiary/aromatic N) is 4. The van der Waals surface area contributed by atoms with E-state index in [1.54, 1.807) is 10.6 Å². The van der Waals surface area contributed by atoms with Crippen LogP contribution in [-0.4, -0.2) is 29.9 Å². The van der Waals surface area contributed by atoms with E-state index in [1.807, 2.05) is 20.8 Å². The molecular formula is C22H28N6O5. The maximum absolute atomic E-state index is 12.6. The van der Waals surface area contributed by atoms with Crippen LogP contribution < -0.4 is 16.6 Å². The van der Waals surface area contributed by atoms with Crippen molar-refractivity contribution in [1.82, 2.24) is 19.1 Å². The quantitative estimate of drug-likeness (QED) is 0.354. The number of hydrogen-bond acceptors (Lipinski definition) is 6. The lowest BCUT2D eigenvalue weighted by Gasteiger charge is -2.11. The van der Waals surface area contributed by atoms with Crippen molar-refractivity contribution >= 4 is 28.4 Å². The van der Waals surface area contributed by atoms with Gasteiger partial charge in [0, 0.05) is 43.8 Å². The number of nitrogens with one attached hydrogen (secondary N) is 2. The Bertz CT molecular complexity index is 1290. The van der Waals surface area contributed by atoms with E-state index in [0.29, 0.717) is 35.8 Å². The summed E-state index contributed by atoms with van der Waals surface area (Å²) in [7, 11) is 0. The topological polar surface area (TPSA) is 145 Å². The largest absolute Gasteiger partial charge is 0.330 e. The van der Waals surface area contributed by atoms with Gasteiger partial charge in [0.25, 0.3) is 11.2 Å². The van der Waals surface area contributed by atoms with Crippen molar-refractivity contribution in [3.8, 4) is 0 Å². The number of carbonyl (C=O) groups is 1. The summed E-state index contributed by atoms with van der Waals surface area (Å²) >= 11 is 0. The highest BCUT2D eigenvalue weighted by Gasteiger charge is 2.20. The number of H-pyrrole nitrogens is 1. The number of benzene rings is 1. The molecule has 0 aliphatic rings. The minimum atomic E-state index is -0.528. The SMILES string of the molecule is CCCCn1c(=O)[nH]c(=O)c2c1nc(CCC(=O)Nc1cccc([N+](=O)[O-])c1)n2CC(C)C. The number of nitro benzene ring substituents is 1. The third-order valence-electron chi connectivity index (χ3n) is 5.16. The average Bonchev–Trinajstić information content (AvgIpc) is 3.10. The number of fused-ring (bicyclic) bond motifs is 1. The summed E-state index contributed by atoms with van der Waals surface area (Å²) in [5.74, 6) is 0.403. The van der Waals surface area contributed by atoms with Crippen LogP contribution in [0.3, 0.4) is 0 Å². The number of nitro groups is 1. The molecule has 0 saturated carbocycles. The zero-order valence-electron chi connectivity index (χ0n) is 19.0. The van der Waals surface area contributed by atoms with E-state index >= 15 is 0 Å². The molecule has 0 radical (unpaired) electrons. The number of aromatic amines is 1. The summed E-state index contributed by atoms with van der Waals surface area (Å²) in [4.78, 5) is 54.9. The molecule has 1 amide bonds. The molecule has 0 atom stereocenters. The summed E-state index contributed by atoms with van der Waals surface area (Å²) in [5, 5.41) is 13.6. The van der Waals surface area contributed by atoms with Crippen LogP contribution in [0.1, 0.15) is 45.9 Å². The summed E-state index contributed by atoms with van der Waals surface area (Å²) in [6, 6.07) is 5.71. The highest BCUT2D eigenvalue weighted by molar-refractivity contribution is 5.91. The van der Waals surface area contributed by atoms with Crippen molar-refractivity contribution in [2.45, 2.75) is 59.5 Å².